The van der Waals surface area contributed by atoms with Crippen LogP contribution in [0, 0.1) is 0 Å². The summed E-state index contributed by atoms with van der Waals surface area (Å²) in [6.07, 6.45) is 2.33. The van der Waals surface area contributed by atoms with Gasteiger partial charge in [0.1, 0.15) is 13.3 Å². The minimum absolute atomic E-state index is 0.125. The molecule has 4 aliphatic heterocycles. The third kappa shape index (κ3) is 2.10. The molecule has 0 saturated carbocycles. The number of anilines is 2. The van der Waals surface area contributed by atoms with Crippen molar-refractivity contribution in [3.05, 3.63) is 47.7 Å². The van der Waals surface area contributed by atoms with Crippen molar-refractivity contribution in [2.24, 2.45) is 4.99 Å². The number of halogens is 1. The predicted octanol–water partition coefficient (Wildman–Crippen LogP) is 1.79. The summed E-state index contributed by atoms with van der Waals surface area (Å²) in [5, 5.41) is 8.44. The van der Waals surface area contributed by atoms with E-state index in [0.29, 0.717) is 42.7 Å². The Balaban J connectivity index is 1.40. The van der Waals surface area contributed by atoms with Crippen LogP contribution in [0.5, 0.6) is 0 Å². The fraction of sp³-hybridized carbons (Fsp3) is 0.353. The van der Waals surface area contributed by atoms with E-state index in [0.717, 1.165) is 23.5 Å². The Morgan fingerprint density at radius 3 is 3.04 bits per heavy atom. The molecule has 138 valence electrons. The molecule has 10 heteroatoms. The zero-order valence-corrected chi connectivity index (χ0v) is 14.3. The molecule has 0 radical (unpaired) electrons. The van der Waals surface area contributed by atoms with Crippen LogP contribution in [0.25, 0.3) is 0 Å². The second kappa shape index (κ2) is 5.43. The third-order valence-electron chi connectivity index (χ3n) is 5.20. The van der Waals surface area contributed by atoms with Gasteiger partial charge in [0.05, 0.1) is 24.4 Å². The maximum absolute atomic E-state index is 14.1. The molecule has 1 unspecified atom stereocenters. The second-order valence-corrected chi connectivity index (χ2v) is 6.80. The smallest absolute Gasteiger partial charge is 0.287 e. The van der Waals surface area contributed by atoms with E-state index in [9.17, 15) is 4.48 Å². The number of para-hydroxylation sites is 1. The highest BCUT2D eigenvalue weighted by Crippen LogP contribution is 2.40. The van der Waals surface area contributed by atoms with Crippen LogP contribution in [-0.2, 0) is 4.74 Å². The van der Waals surface area contributed by atoms with Crippen LogP contribution in [0.15, 0.2) is 45.8 Å². The average Bonchev–Trinajstić information content (AvgIpc) is 3.44. The minimum Gasteiger partial charge on any atom is -0.381 e. The lowest BCUT2D eigenvalue weighted by molar-refractivity contribution is 0.104. The van der Waals surface area contributed by atoms with Gasteiger partial charge in [0.25, 0.3) is 5.95 Å². The Morgan fingerprint density at radius 2 is 2.15 bits per heavy atom. The van der Waals surface area contributed by atoms with Crippen LogP contribution < -0.4 is 9.91 Å². The molecule has 0 bridgehead atoms. The van der Waals surface area contributed by atoms with Crippen molar-refractivity contribution < 1.29 is 13.7 Å². The Morgan fingerprint density at radius 1 is 1.22 bits per heavy atom. The lowest BCUT2D eigenvalue weighted by Gasteiger charge is -2.39. The SMILES string of the molecule is FN1C=C2N(C1)c1ccccc1C1=NCN(c3noc(C4CCOC4)n3)N21. The number of fused-ring (bicyclic) bond motifs is 6. The summed E-state index contributed by atoms with van der Waals surface area (Å²) < 4.78 is 24.9. The average molecular weight is 369 g/mol. The van der Waals surface area contributed by atoms with E-state index < -0.39 is 0 Å². The maximum Gasteiger partial charge on any atom is 0.287 e. The zero-order chi connectivity index (χ0) is 18.0. The van der Waals surface area contributed by atoms with E-state index in [2.05, 4.69) is 15.1 Å². The Bertz CT molecular complexity index is 968. The van der Waals surface area contributed by atoms with Crippen molar-refractivity contribution >= 4 is 17.5 Å². The molecule has 0 aliphatic carbocycles. The highest BCUT2D eigenvalue weighted by molar-refractivity contribution is 6.08. The van der Waals surface area contributed by atoms with E-state index >= 15 is 0 Å². The molecular weight excluding hydrogens is 353 g/mol. The predicted molar refractivity (Wildman–Crippen MR) is 93.0 cm³/mol. The normalized spacial score (nSPS) is 23.4. The summed E-state index contributed by atoms with van der Waals surface area (Å²) in [5.41, 5.74) is 1.87. The number of aromatic nitrogens is 2. The molecule has 0 spiro atoms. The topological polar surface area (TPSA) is 73.5 Å². The van der Waals surface area contributed by atoms with Gasteiger partial charge in [0, 0.05) is 12.2 Å². The van der Waals surface area contributed by atoms with Gasteiger partial charge in [0.2, 0.25) is 5.89 Å². The van der Waals surface area contributed by atoms with Gasteiger partial charge < -0.3 is 14.2 Å². The molecule has 1 fully saturated rings. The van der Waals surface area contributed by atoms with E-state index in [1.807, 2.05) is 34.2 Å². The molecule has 1 aromatic heterocycles. The molecule has 1 atom stereocenters. The molecule has 1 saturated heterocycles. The Labute approximate surface area is 153 Å². The Kier molecular flexibility index (Phi) is 3.01. The van der Waals surface area contributed by atoms with Gasteiger partial charge in [-0.2, -0.15) is 10.1 Å². The summed E-state index contributed by atoms with van der Waals surface area (Å²) >= 11 is 0. The van der Waals surface area contributed by atoms with Crippen LogP contribution >= 0.6 is 0 Å². The summed E-state index contributed by atoms with van der Waals surface area (Å²) in [6.45, 7) is 1.76. The quantitative estimate of drug-likeness (QED) is 0.742. The first kappa shape index (κ1) is 15.0. The molecule has 27 heavy (non-hydrogen) atoms. The maximum atomic E-state index is 14.1. The third-order valence-corrected chi connectivity index (χ3v) is 5.20. The van der Waals surface area contributed by atoms with Crippen molar-refractivity contribution in [1.29, 1.82) is 0 Å². The molecule has 0 amide bonds. The standard InChI is InChI=1S/C17H16FN7O2/c18-22-7-14-23(10-22)13-4-2-1-3-12(13)15-19-9-24(25(14)15)17-20-16(27-21-17)11-5-6-26-8-11/h1-4,7,11H,5-6,8-10H2. The molecule has 6 rings (SSSR count). The van der Waals surface area contributed by atoms with Crippen molar-refractivity contribution in [1.82, 2.24) is 20.3 Å². The van der Waals surface area contributed by atoms with Crippen LogP contribution in [0.4, 0.5) is 16.1 Å². The van der Waals surface area contributed by atoms with E-state index in [4.69, 9.17) is 9.26 Å². The Hall–Kier alpha value is -3.14. The van der Waals surface area contributed by atoms with Crippen molar-refractivity contribution in [2.45, 2.75) is 12.3 Å². The lowest BCUT2D eigenvalue weighted by Crippen LogP contribution is -2.49. The molecule has 9 nitrogen and oxygen atoms in total. The minimum atomic E-state index is 0.125. The van der Waals surface area contributed by atoms with Crippen molar-refractivity contribution in [3.8, 4) is 0 Å². The van der Waals surface area contributed by atoms with Gasteiger partial charge in [-0.3, -0.25) is 0 Å². The summed E-state index contributed by atoms with van der Waals surface area (Å²) in [5.74, 6) is 2.52. The van der Waals surface area contributed by atoms with Crippen LogP contribution in [0.2, 0.25) is 0 Å². The van der Waals surface area contributed by atoms with Crippen LogP contribution in [0.1, 0.15) is 23.8 Å². The number of aliphatic imine (C=N–C) groups is 1. The van der Waals surface area contributed by atoms with Gasteiger partial charge >= 0.3 is 0 Å². The van der Waals surface area contributed by atoms with Crippen molar-refractivity contribution in [2.75, 3.05) is 36.5 Å². The van der Waals surface area contributed by atoms with Gasteiger partial charge in [-0.1, -0.05) is 16.6 Å². The van der Waals surface area contributed by atoms with Crippen LogP contribution in [0.3, 0.4) is 0 Å². The fourth-order valence-electron chi connectivity index (χ4n) is 3.90. The van der Waals surface area contributed by atoms with E-state index in [-0.39, 0.29) is 12.6 Å². The van der Waals surface area contributed by atoms with Gasteiger partial charge in [-0.25, -0.2) is 15.0 Å². The van der Waals surface area contributed by atoms with Gasteiger partial charge in [-0.15, -0.1) is 0 Å². The number of hydrazine groups is 1. The number of nitrogens with zero attached hydrogens (tertiary/aromatic N) is 7. The van der Waals surface area contributed by atoms with Gasteiger partial charge in [-0.05, 0) is 23.7 Å². The summed E-state index contributed by atoms with van der Waals surface area (Å²) in [4.78, 5) is 11.1. The molecule has 2 aromatic rings. The van der Waals surface area contributed by atoms with Crippen molar-refractivity contribution in [3.63, 3.8) is 0 Å². The second-order valence-electron chi connectivity index (χ2n) is 6.80. The molecule has 5 heterocycles. The first-order chi connectivity index (χ1) is 13.3. The number of ether oxygens (including phenoxy) is 1. The first-order valence-electron chi connectivity index (χ1n) is 8.84. The van der Waals surface area contributed by atoms with E-state index in [1.165, 1.54) is 6.20 Å². The number of benzene rings is 1. The lowest BCUT2D eigenvalue weighted by atomic mass is 10.1. The van der Waals surface area contributed by atoms with E-state index in [1.54, 1.807) is 5.01 Å². The highest BCUT2D eigenvalue weighted by atomic mass is 19.2. The summed E-state index contributed by atoms with van der Waals surface area (Å²) in [6, 6.07) is 7.85. The number of rotatable bonds is 2. The first-order valence-corrected chi connectivity index (χ1v) is 8.84. The van der Waals surface area contributed by atoms with Crippen LogP contribution in [-0.4, -0.2) is 52.7 Å². The fourth-order valence-corrected chi connectivity index (χ4v) is 3.90. The largest absolute Gasteiger partial charge is 0.381 e. The molecule has 4 aliphatic rings. The number of amidine groups is 1. The highest BCUT2D eigenvalue weighted by Gasteiger charge is 2.43. The molecule has 1 aromatic carbocycles. The zero-order valence-electron chi connectivity index (χ0n) is 14.3. The summed E-state index contributed by atoms with van der Waals surface area (Å²) in [7, 11) is 0. The molecular formula is C17H16FN7O2. The number of hydrogen-bond donors (Lipinski definition) is 0. The number of hydrogen-bond acceptors (Lipinski definition) is 9. The van der Waals surface area contributed by atoms with Gasteiger partial charge in [0.15, 0.2) is 11.7 Å². The molecule has 0 N–H and O–H groups in total. The monoisotopic (exact) mass is 369 g/mol.